The summed E-state index contributed by atoms with van der Waals surface area (Å²) in [5.74, 6) is 0.234. The summed E-state index contributed by atoms with van der Waals surface area (Å²) < 4.78 is 4.62. The van der Waals surface area contributed by atoms with E-state index in [2.05, 4.69) is 4.52 Å². The maximum absolute atomic E-state index is 8.79. The van der Waals surface area contributed by atoms with Gasteiger partial charge in [0.15, 0.2) is 5.75 Å². The van der Waals surface area contributed by atoms with E-state index >= 15 is 0 Å². The fraction of sp³-hybridized carbons (Fsp3) is 0.0909. The first-order valence-corrected chi connectivity index (χ1v) is 6.28. The molecular weight excluding hydrogens is 227 g/mol. The highest BCUT2D eigenvalue weighted by molar-refractivity contribution is 7.53. The van der Waals surface area contributed by atoms with Gasteiger partial charge in [-0.1, -0.05) is 29.8 Å². The van der Waals surface area contributed by atoms with Crippen LogP contribution in [0.2, 0.25) is 0 Å². The van der Waals surface area contributed by atoms with Crippen molar-refractivity contribution in [2.75, 3.05) is 0 Å². The van der Waals surface area contributed by atoms with Crippen molar-refractivity contribution in [3.8, 4) is 5.75 Å². The van der Waals surface area contributed by atoms with Gasteiger partial charge in [-0.15, -0.1) is 0 Å². The van der Waals surface area contributed by atoms with Gasteiger partial charge in [0.1, 0.15) is 0 Å². The zero-order valence-electron chi connectivity index (χ0n) is 8.66. The molecule has 0 spiro atoms. The van der Waals surface area contributed by atoms with Crippen LogP contribution < -0.4 is 4.52 Å². The Balaban J connectivity index is 2.41. The third-order valence-electron chi connectivity index (χ3n) is 2.20. The average Bonchev–Trinajstić information content (AvgIpc) is 2.16. The average molecular weight is 239 g/mol. The number of benzene rings is 2. The van der Waals surface area contributed by atoms with Gasteiger partial charge in [-0.3, -0.25) is 4.52 Å². The van der Waals surface area contributed by atoms with Crippen molar-refractivity contribution in [1.82, 2.24) is 0 Å². The first-order valence-electron chi connectivity index (χ1n) is 4.71. The molecule has 0 radical (unpaired) electrons. The number of rotatable bonds is 2. The van der Waals surface area contributed by atoms with E-state index in [9.17, 15) is 0 Å². The summed E-state index contributed by atoms with van der Waals surface area (Å²) in [7, 11) is -4.23. The Labute approximate surface area is 93.4 Å². The first kappa shape index (κ1) is 11.3. The molecule has 0 aliphatic carbocycles. The molecule has 2 rings (SSSR count). The molecule has 0 aliphatic heterocycles. The number of fused-ring (bicyclic) bond motifs is 1. The maximum Gasteiger partial charge on any atom is 0.613 e. The second kappa shape index (κ2) is 4.00. The molecule has 0 aromatic heterocycles. The molecule has 2 aromatic carbocycles. The van der Waals surface area contributed by atoms with Crippen molar-refractivity contribution in [3.63, 3.8) is 0 Å². The van der Waals surface area contributed by atoms with E-state index in [1.807, 2.05) is 25.1 Å². The highest BCUT2D eigenvalue weighted by Gasteiger charge is 2.34. The second-order valence-corrected chi connectivity index (χ2v) is 4.83. The SMILES string of the molecule is Cc1ccc2cc(O[P+](O)(O)O)ccc2c1. The van der Waals surface area contributed by atoms with Crippen LogP contribution in [0.4, 0.5) is 0 Å². The van der Waals surface area contributed by atoms with Crippen molar-refractivity contribution in [2.45, 2.75) is 6.92 Å². The third kappa shape index (κ3) is 2.68. The molecule has 0 amide bonds. The smallest absolute Gasteiger partial charge is 0.261 e. The quantitative estimate of drug-likeness (QED) is 0.702. The van der Waals surface area contributed by atoms with Crippen LogP contribution >= 0.6 is 8.17 Å². The standard InChI is InChI=1S/C11H12O4P/c1-8-2-3-10-7-11(15-16(12,13)14)5-4-9(10)6-8/h2-7,12-14H,1H3/q+1. The molecule has 0 unspecified atom stereocenters. The Morgan fingerprint density at radius 3 is 2.25 bits per heavy atom. The summed E-state index contributed by atoms with van der Waals surface area (Å²) >= 11 is 0. The molecule has 0 saturated carbocycles. The molecule has 0 bridgehead atoms. The van der Waals surface area contributed by atoms with Crippen molar-refractivity contribution in [2.24, 2.45) is 0 Å². The summed E-state index contributed by atoms with van der Waals surface area (Å²) in [6.07, 6.45) is 0. The maximum atomic E-state index is 8.79. The lowest BCUT2D eigenvalue weighted by atomic mass is 10.1. The number of aryl methyl sites for hydroxylation is 1. The lowest BCUT2D eigenvalue weighted by molar-refractivity contribution is 0.238. The summed E-state index contributed by atoms with van der Waals surface area (Å²) in [6, 6.07) is 10.9. The van der Waals surface area contributed by atoms with Gasteiger partial charge in [0.2, 0.25) is 0 Å². The van der Waals surface area contributed by atoms with Crippen molar-refractivity contribution in [1.29, 1.82) is 0 Å². The van der Waals surface area contributed by atoms with E-state index in [1.165, 1.54) is 0 Å². The Kier molecular flexibility index (Phi) is 2.82. The number of hydrogen-bond donors (Lipinski definition) is 3. The van der Waals surface area contributed by atoms with Crippen LogP contribution in [0.3, 0.4) is 0 Å². The zero-order chi connectivity index (χ0) is 11.8. The lowest BCUT2D eigenvalue weighted by Crippen LogP contribution is -1.97. The van der Waals surface area contributed by atoms with E-state index in [-0.39, 0.29) is 5.75 Å². The molecule has 84 valence electrons. The second-order valence-electron chi connectivity index (χ2n) is 3.62. The van der Waals surface area contributed by atoms with Gasteiger partial charge in [-0.2, -0.15) is 14.7 Å². The third-order valence-corrected chi connectivity index (χ3v) is 2.65. The van der Waals surface area contributed by atoms with E-state index in [1.54, 1.807) is 18.2 Å². The summed E-state index contributed by atoms with van der Waals surface area (Å²) in [4.78, 5) is 26.4. The predicted molar refractivity (Wildman–Crippen MR) is 62.9 cm³/mol. The summed E-state index contributed by atoms with van der Waals surface area (Å²) in [5.41, 5.74) is 1.15. The largest absolute Gasteiger partial charge is 0.613 e. The summed E-state index contributed by atoms with van der Waals surface area (Å²) in [5, 5.41) is 1.95. The van der Waals surface area contributed by atoms with Gasteiger partial charge in [0, 0.05) is 0 Å². The molecule has 0 atom stereocenters. The monoisotopic (exact) mass is 239 g/mol. The van der Waals surface area contributed by atoms with Crippen LogP contribution in [0.5, 0.6) is 5.75 Å². The Bertz CT molecular complexity index is 519. The van der Waals surface area contributed by atoms with Gasteiger partial charge < -0.3 is 0 Å². The Morgan fingerprint density at radius 2 is 1.56 bits per heavy atom. The van der Waals surface area contributed by atoms with Crippen LogP contribution in [0.15, 0.2) is 36.4 Å². The lowest BCUT2D eigenvalue weighted by Gasteiger charge is -2.05. The molecule has 0 heterocycles. The van der Waals surface area contributed by atoms with Gasteiger partial charge >= 0.3 is 8.17 Å². The van der Waals surface area contributed by atoms with Crippen molar-refractivity contribution < 1.29 is 19.2 Å². The van der Waals surface area contributed by atoms with Crippen molar-refractivity contribution in [3.05, 3.63) is 42.0 Å². The Morgan fingerprint density at radius 1 is 0.938 bits per heavy atom. The van der Waals surface area contributed by atoms with E-state index in [4.69, 9.17) is 14.7 Å². The van der Waals surface area contributed by atoms with Crippen LogP contribution in [0, 0.1) is 6.92 Å². The van der Waals surface area contributed by atoms with Crippen LogP contribution in [0.25, 0.3) is 10.8 Å². The fourth-order valence-electron chi connectivity index (χ4n) is 1.54. The van der Waals surface area contributed by atoms with E-state index in [0.717, 1.165) is 16.3 Å². The molecule has 4 nitrogen and oxygen atoms in total. The van der Waals surface area contributed by atoms with E-state index < -0.39 is 8.17 Å². The highest BCUT2D eigenvalue weighted by Crippen LogP contribution is 2.46. The first-order chi connectivity index (χ1) is 7.44. The topological polar surface area (TPSA) is 69.9 Å². The molecule has 0 saturated heterocycles. The van der Waals surface area contributed by atoms with Crippen LogP contribution in [-0.4, -0.2) is 14.7 Å². The molecule has 0 aliphatic rings. The fourth-order valence-corrected chi connectivity index (χ4v) is 1.94. The minimum Gasteiger partial charge on any atom is -0.261 e. The minimum atomic E-state index is -4.23. The van der Waals surface area contributed by atoms with Crippen LogP contribution in [0.1, 0.15) is 5.56 Å². The van der Waals surface area contributed by atoms with E-state index in [0.29, 0.717) is 0 Å². The Hall–Kier alpha value is -1.19. The van der Waals surface area contributed by atoms with Crippen molar-refractivity contribution >= 4 is 18.9 Å². The molecular formula is C11H12O4P+. The van der Waals surface area contributed by atoms with Crippen LogP contribution in [-0.2, 0) is 0 Å². The predicted octanol–water partition coefficient (Wildman–Crippen LogP) is 2.18. The normalized spacial score (nSPS) is 11.8. The van der Waals surface area contributed by atoms with Gasteiger partial charge in [-0.05, 0) is 29.8 Å². The van der Waals surface area contributed by atoms with Gasteiger partial charge in [0.25, 0.3) is 0 Å². The molecule has 2 aromatic rings. The number of hydrogen-bond acceptors (Lipinski definition) is 4. The highest BCUT2D eigenvalue weighted by atomic mass is 31.2. The zero-order valence-corrected chi connectivity index (χ0v) is 9.56. The molecule has 0 fully saturated rings. The van der Waals surface area contributed by atoms with Gasteiger partial charge in [-0.25, -0.2) is 0 Å². The minimum absolute atomic E-state index is 0.234. The summed E-state index contributed by atoms with van der Waals surface area (Å²) in [6.45, 7) is 2.00. The molecule has 3 N–H and O–H groups in total. The molecule has 16 heavy (non-hydrogen) atoms. The van der Waals surface area contributed by atoms with Gasteiger partial charge in [0.05, 0.1) is 0 Å². The molecule has 5 heteroatoms.